The molecule has 0 aliphatic heterocycles. The molecule has 2 aromatic carbocycles. The predicted molar refractivity (Wildman–Crippen MR) is 131 cm³/mol. The van der Waals surface area contributed by atoms with Crippen molar-refractivity contribution in [2.75, 3.05) is 13.2 Å². The number of nitrogens with one attached hydrogen (secondary N) is 1. The number of aryl methyl sites for hydroxylation is 2. The van der Waals surface area contributed by atoms with Gasteiger partial charge in [-0.15, -0.1) is 0 Å². The van der Waals surface area contributed by atoms with E-state index >= 15 is 0 Å². The van der Waals surface area contributed by atoms with Gasteiger partial charge in [0.15, 0.2) is 6.61 Å². The zero-order chi connectivity index (χ0) is 23.0. The third kappa shape index (κ3) is 7.65. The Hall–Kier alpha value is -1.86. The van der Waals surface area contributed by atoms with Crippen molar-refractivity contribution in [3.8, 4) is 5.75 Å². The van der Waals surface area contributed by atoms with Crippen molar-refractivity contribution in [3.05, 3.63) is 62.0 Å². The van der Waals surface area contributed by atoms with Crippen molar-refractivity contribution in [1.29, 1.82) is 0 Å². The maximum atomic E-state index is 13.1. The van der Waals surface area contributed by atoms with Gasteiger partial charge in [-0.2, -0.15) is 0 Å². The van der Waals surface area contributed by atoms with Crippen LogP contribution in [0.1, 0.15) is 43.4 Å². The lowest BCUT2D eigenvalue weighted by molar-refractivity contribution is -0.142. The Morgan fingerprint density at radius 3 is 2.42 bits per heavy atom. The smallest absolute Gasteiger partial charge is 0.261 e. The van der Waals surface area contributed by atoms with Gasteiger partial charge in [-0.3, -0.25) is 9.59 Å². The third-order valence-corrected chi connectivity index (χ3v) is 6.76. The van der Waals surface area contributed by atoms with E-state index in [-0.39, 0.29) is 18.4 Å². The van der Waals surface area contributed by atoms with E-state index in [1.807, 2.05) is 50.2 Å². The number of carbonyl (C=O) groups excluding carboxylic acids is 2. The van der Waals surface area contributed by atoms with Gasteiger partial charge in [-0.05, 0) is 68.1 Å². The number of ether oxygens (including phenoxy) is 1. The molecule has 2 aromatic rings. The minimum atomic E-state index is -0.611. The Bertz CT molecular complexity index is 894. The second-order valence-corrected chi connectivity index (χ2v) is 9.34. The summed E-state index contributed by atoms with van der Waals surface area (Å²) in [5, 5.41) is 2.92. The van der Waals surface area contributed by atoms with Crippen LogP contribution in [-0.4, -0.2) is 35.9 Å². The van der Waals surface area contributed by atoms with Gasteiger partial charge in [-0.1, -0.05) is 57.3 Å². The molecule has 168 valence electrons. The highest BCUT2D eigenvalue weighted by molar-refractivity contribution is 9.10. The minimum Gasteiger partial charge on any atom is -0.484 e. The van der Waals surface area contributed by atoms with Crippen molar-refractivity contribution in [3.63, 3.8) is 0 Å². The molecule has 0 saturated heterocycles. The van der Waals surface area contributed by atoms with Crippen LogP contribution < -0.4 is 10.1 Å². The first kappa shape index (κ1) is 25.4. The molecule has 5 nitrogen and oxygen atoms in total. The van der Waals surface area contributed by atoms with Crippen molar-refractivity contribution in [1.82, 2.24) is 10.2 Å². The van der Waals surface area contributed by atoms with Crippen molar-refractivity contribution in [2.24, 2.45) is 0 Å². The monoisotopic (exact) mass is 552 g/mol. The maximum absolute atomic E-state index is 13.1. The van der Waals surface area contributed by atoms with Gasteiger partial charge in [0.05, 0.1) is 0 Å². The molecule has 1 N–H and O–H groups in total. The van der Waals surface area contributed by atoms with Crippen molar-refractivity contribution < 1.29 is 14.3 Å². The molecule has 0 radical (unpaired) electrons. The zero-order valence-corrected chi connectivity index (χ0v) is 21.7. The number of unbranched alkanes of at least 4 members (excludes halogenated alkanes) is 1. The minimum absolute atomic E-state index is 0.138. The zero-order valence-electron chi connectivity index (χ0n) is 18.5. The van der Waals surface area contributed by atoms with Crippen molar-refractivity contribution >= 4 is 43.7 Å². The highest BCUT2D eigenvalue weighted by Gasteiger charge is 2.26. The average molecular weight is 554 g/mol. The molecule has 0 saturated carbocycles. The van der Waals surface area contributed by atoms with Gasteiger partial charge in [-0.25, -0.2) is 0 Å². The van der Waals surface area contributed by atoms with Gasteiger partial charge in [0, 0.05) is 22.0 Å². The van der Waals surface area contributed by atoms with Crippen LogP contribution in [0.3, 0.4) is 0 Å². The standard InChI is InChI=1S/C24H30Br2N2O3/c1-5-6-10-27-24(30)18(4)28(14-19-8-7-9-20(25)13-19)22(29)15-31-21-11-16(2)23(26)17(3)12-21/h7-9,11-13,18H,5-6,10,14-15H2,1-4H3,(H,27,30). The molecule has 31 heavy (non-hydrogen) atoms. The number of carbonyl (C=O) groups is 2. The van der Waals surface area contributed by atoms with E-state index in [0.717, 1.165) is 38.5 Å². The summed E-state index contributed by atoms with van der Waals surface area (Å²) in [6, 6.07) is 10.9. The molecule has 0 aliphatic rings. The van der Waals surface area contributed by atoms with Crippen LogP contribution in [0.5, 0.6) is 5.75 Å². The SMILES string of the molecule is CCCCNC(=O)C(C)N(Cc1cccc(Br)c1)C(=O)COc1cc(C)c(Br)c(C)c1. The highest BCUT2D eigenvalue weighted by Crippen LogP contribution is 2.26. The molecule has 0 spiro atoms. The topological polar surface area (TPSA) is 58.6 Å². The number of halogens is 2. The molecule has 2 rings (SSSR count). The van der Waals surface area contributed by atoms with Gasteiger partial charge < -0.3 is 15.0 Å². The van der Waals surface area contributed by atoms with Crippen LogP contribution in [0, 0.1) is 13.8 Å². The van der Waals surface area contributed by atoms with Gasteiger partial charge >= 0.3 is 0 Å². The number of hydrogen-bond acceptors (Lipinski definition) is 3. The molecular weight excluding hydrogens is 524 g/mol. The number of nitrogens with zero attached hydrogens (tertiary/aromatic N) is 1. The van der Waals surface area contributed by atoms with Crippen LogP contribution >= 0.6 is 31.9 Å². The lowest BCUT2D eigenvalue weighted by atomic mass is 10.1. The molecule has 0 heterocycles. The third-order valence-electron chi connectivity index (χ3n) is 5.01. The van der Waals surface area contributed by atoms with E-state index in [0.29, 0.717) is 18.8 Å². The largest absolute Gasteiger partial charge is 0.484 e. The Morgan fingerprint density at radius 2 is 1.81 bits per heavy atom. The average Bonchev–Trinajstić information content (AvgIpc) is 2.73. The Morgan fingerprint density at radius 1 is 1.13 bits per heavy atom. The Labute approximate surface area is 201 Å². The van der Waals surface area contributed by atoms with Crippen LogP contribution in [0.15, 0.2) is 45.3 Å². The molecule has 0 aliphatic carbocycles. The van der Waals surface area contributed by atoms with Gasteiger partial charge in [0.25, 0.3) is 5.91 Å². The summed E-state index contributed by atoms with van der Waals surface area (Å²) < 4.78 is 7.76. The summed E-state index contributed by atoms with van der Waals surface area (Å²) in [5.41, 5.74) is 3.01. The van der Waals surface area contributed by atoms with Crippen LogP contribution in [0.2, 0.25) is 0 Å². The summed E-state index contributed by atoms with van der Waals surface area (Å²) in [7, 11) is 0. The lowest BCUT2D eigenvalue weighted by Gasteiger charge is -2.29. The Balaban J connectivity index is 2.15. The summed E-state index contributed by atoms with van der Waals surface area (Å²) in [5.74, 6) is 0.234. The van der Waals surface area contributed by atoms with E-state index in [4.69, 9.17) is 4.74 Å². The van der Waals surface area contributed by atoms with Crippen molar-refractivity contribution in [2.45, 2.75) is 53.1 Å². The molecule has 1 unspecified atom stereocenters. The fraction of sp³-hybridized carbons (Fsp3) is 0.417. The van der Waals surface area contributed by atoms with Crippen LogP contribution in [-0.2, 0) is 16.1 Å². The molecule has 2 amide bonds. The first-order valence-electron chi connectivity index (χ1n) is 10.4. The molecule has 0 bridgehead atoms. The van der Waals surface area contributed by atoms with Crippen LogP contribution in [0.4, 0.5) is 0 Å². The number of benzene rings is 2. The molecular formula is C24H30Br2N2O3. The van der Waals surface area contributed by atoms with E-state index in [1.165, 1.54) is 0 Å². The molecule has 1 atom stereocenters. The number of hydrogen-bond donors (Lipinski definition) is 1. The first-order chi connectivity index (χ1) is 14.7. The predicted octanol–water partition coefficient (Wildman–Crippen LogP) is 5.54. The van der Waals surface area contributed by atoms with Gasteiger partial charge in [0.2, 0.25) is 5.91 Å². The van der Waals surface area contributed by atoms with E-state index < -0.39 is 6.04 Å². The fourth-order valence-electron chi connectivity index (χ4n) is 3.17. The molecule has 0 fully saturated rings. The van der Waals surface area contributed by atoms with Gasteiger partial charge in [0.1, 0.15) is 11.8 Å². The normalized spacial score (nSPS) is 11.7. The fourth-order valence-corrected chi connectivity index (χ4v) is 3.84. The second-order valence-electron chi connectivity index (χ2n) is 7.63. The highest BCUT2D eigenvalue weighted by atomic mass is 79.9. The summed E-state index contributed by atoms with van der Waals surface area (Å²) in [4.78, 5) is 27.4. The lowest BCUT2D eigenvalue weighted by Crippen LogP contribution is -2.49. The molecule has 7 heteroatoms. The summed E-state index contributed by atoms with van der Waals surface area (Å²) in [6.07, 6.45) is 1.90. The van der Waals surface area contributed by atoms with E-state index in [9.17, 15) is 9.59 Å². The first-order valence-corrected chi connectivity index (χ1v) is 12.0. The second kappa shape index (κ2) is 12.2. The van der Waals surface area contributed by atoms with E-state index in [1.54, 1.807) is 11.8 Å². The number of amides is 2. The van der Waals surface area contributed by atoms with E-state index in [2.05, 4.69) is 44.1 Å². The summed E-state index contributed by atoms with van der Waals surface area (Å²) >= 11 is 7.01. The maximum Gasteiger partial charge on any atom is 0.261 e. The van der Waals surface area contributed by atoms with Crippen LogP contribution in [0.25, 0.3) is 0 Å². The Kier molecular flexibility index (Phi) is 10.0. The number of rotatable bonds is 10. The quantitative estimate of drug-likeness (QED) is 0.393. The molecule has 0 aromatic heterocycles. The summed E-state index contributed by atoms with van der Waals surface area (Å²) in [6.45, 7) is 8.57.